The summed E-state index contributed by atoms with van der Waals surface area (Å²) in [6, 6.07) is 12.0. The van der Waals surface area contributed by atoms with Gasteiger partial charge in [0.05, 0.1) is 0 Å². The topological polar surface area (TPSA) is 35.2 Å². The highest BCUT2D eigenvalue weighted by Gasteiger charge is 2.09. The Bertz CT molecular complexity index is 566. The van der Waals surface area contributed by atoms with Gasteiger partial charge in [-0.15, -0.1) is 0 Å². The second kappa shape index (κ2) is 5.55. The van der Waals surface area contributed by atoms with E-state index in [9.17, 15) is 0 Å². The first-order chi connectivity index (χ1) is 8.61. The molecule has 2 nitrogen and oxygen atoms in total. The average Bonchev–Trinajstić information content (AvgIpc) is 2.36. The van der Waals surface area contributed by atoms with Crippen molar-refractivity contribution in [2.24, 2.45) is 5.73 Å². The van der Waals surface area contributed by atoms with Gasteiger partial charge in [0, 0.05) is 16.6 Å². The van der Waals surface area contributed by atoms with Gasteiger partial charge < -0.3 is 10.5 Å². The first-order valence-electron chi connectivity index (χ1n) is 5.84. The number of para-hydroxylation sites is 1. The molecule has 2 aromatic carbocycles. The maximum atomic E-state index is 6.03. The minimum atomic E-state index is 0.476. The van der Waals surface area contributed by atoms with Crippen molar-refractivity contribution in [3.8, 4) is 11.5 Å². The quantitative estimate of drug-likeness (QED) is 0.916. The molecule has 94 valence electrons. The van der Waals surface area contributed by atoms with Crippen LogP contribution in [0.25, 0.3) is 0 Å². The number of nitrogens with two attached hydrogens (primary N) is 1. The fourth-order valence-corrected chi connectivity index (χ4v) is 2.15. The highest BCUT2D eigenvalue weighted by Crippen LogP contribution is 2.32. The molecule has 2 N–H and O–H groups in total. The van der Waals surface area contributed by atoms with E-state index in [1.165, 1.54) is 0 Å². The number of aryl methyl sites for hydroxylation is 2. The summed E-state index contributed by atoms with van der Waals surface area (Å²) in [4.78, 5) is 0. The molecule has 0 saturated heterocycles. The highest BCUT2D eigenvalue weighted by molar-refractivity contribution is 9.10. The van der Waals surface area contributed by atoms with E-state index in [1.807, 2.05) is 50.2 Å². The fourth-order valence-electron chi connectivity index (χ4n) is 1.81. The number of halogens is 1. The van der Waals surface area contributed by atoms with Crippen molar-refractivity contribution in [3.05, 3.63) is 57.6 Å². The zero-order valence-electron chi connectivity index (χ0n) is 10.5. The van der Waals surface area contributed by atoms with Crippen molar-refractivity contribution in [3.63, 3.8) is 0 Å². The number of ether oxygens (including phenoxy) is 1. The van der Waals surface area contributed by atoms with Crippen LogP contribution in [0.2, 0.25) is 0 Å². The molecular weight excluding hydrogens is 290 g/mol. The Hall–Kier alpha value is -1.32. The summed E-state index contributed by atoms with van der Waals surface area (Å²) in [6.45, 7) is 4.54. The van der Waals surface area contributed by atoms with Crippen molar-refractivity contribution in [1.82, 2.24) is 0 Å². The van der Waals surface area contributed by atoms with Crippen LogP contribution < -0.4 is 10.5 Å². The Balaban J connectivity index is 2.42. The predicted octanol–water partition coefficient (Wildman–Crippen LogP) is 4.32. The molecule has 2 aromatic rings. The second-order valence-corrected chi connectivity index (χ2v) is 5.19. The van der Waals surface area contributed by atoms with Gasteiger partial charge in [-0.05, 0) is 37.1 Å². The van der Waals surface area contributed by atoms with E-state index < -0.39 is 0 Å². The van der Waals surface area contributed by atoms with E-state index in [1.54, 1.807) is 0 Å². The summed E-state index contributed by atoms with van der Waals surface area (Å²) in [5, 5.41) is 0. The molecule has 0 spiro atoms. The predicted molar refractivity (Wildman–Crippen MR) is 78.0 cm³/mol. The van der Waals surface area contributed by atoms with Crippen LogP contribution in [0.4, 0.5) is 0 Å². The molecule has 18 heavy (non-hydrogen) atoms. The SMILES string of the molecule is Cc1ccc(Br)cc1Oc1c(C)cccc1CN. The Labute approximate surface area is 116 Å². The van der Waals surface area contributed by atoms with E-state index in [2.05, 4.69) is 15.9 Å². The summed E-state index contributed by atoms with van der Waals surface area (Å²) in [6.07, 6.45) is 0. The maximum absolute atomic E-state index is 6.03. The van der Waals surface area contributed by atoms with Crippen LogP contribution >= 0.6 is 15.9 Å². The van der Waals surface area contributed by atoms with E-state index >= 15 is 0 Å². The molecule has 0 atom stereocenters. The molecule has 0 aliphatic heterocycles. The van der Waals surface area contributed by atoms with Crippen molar-refractivity contribution < 1.29 is 4.74 Å². The van der Waals surface area contributed by atoms with Crippen LogP contribution in [-0.4, -0.2) is 0 Å². The van der Waals surface area contributed by atoms with Crippen molar-refractivity contribution in [2.75, 3.05) is 0 Å². The summed E-state index contributed by atoms with van der Waals surface area (Å²) >= 11 is 3.46. The van der Waals surface area contributed by atoms with Crippen molar-refractivity contribution in [1.29, 1.82) is 0 Å². The largest absolute Gasteiger partial charge is 0.456 e. The third kappa shape index (κ3) is 2.74. The molecule has 0 radical (unpaired) electrons. The van der Waals surface area contributed by atoms with Crippen molar-refractivity contribution in [2.45, 2.75) is 20.4 Å². The van der Waals surface area contributed by atoms with Gasteiger partial charge in [-0.25, -0.2) is 0 Å². The Morgan fingerprint density at radius 3 is 2.61 bits per heavy atom. The molecule has 0 saturated carbocycles. The number of rotatable bonds is 3. The second-order valence-electron chi connectivity index (χ2n) is 4.28. The van der Waals surface area contributed by atoms with Gasteiger partial charge in [-0.1, -0.05) is 40.2 Å². The van der Waals surface area contributed by atoms with Gasteiger partial charge in [-0.3, -0.25) is 0 Å². The molecule has 0 aliphatic carbocycles. The van der Waals surface area contributed by atoms with Crippen LogP contribution in [0, 0.1) is 13.8 Å². The minimum Gasteiger partial charge on any atom is -0.456 e. The molecular formula is C15H16BrNO. The summed E-state index contributed by atoms with van der Waals surface area (Å²) < 4.78 is 7.04. The first-order valence-corrected chi connectivity index (χ1v) is 6.63. The summed E-state index contributed by atoms with van der Waals surface area (Å²) in [5.74, 6) is 1.72. The molecule has 0 bridgehead atoms. The molecule has 0 unspecified atom stereocenters. The summed E-state index contributed by atoms with van der Waals surface area (Å²) in [5.41, 5.74) is 8.97. The van der Waals surface area contributed by atoms with Crippen LogP contribution in [0.1, 0.15) is 16.7 Å². The normalized spacial score (nSPS) is 10.4. The van der Waals surface area contributed by atoms with Crippen LogP contribution in [0.15, 0.2) is 40.9 Å². The molecule has 0 fully saturated rings. The monoisotopic (exact) mass is 305 g/mol. The van der Waals surface area contributed by atoms with Crippen LogP contribution in [-0.2, 0) is 6.54 Å². The van der Waals surface area contributed by atoms with Gasteiger partial charge in [0.1, 0.15) is 11.5 Å². The maximum Gasteiger partial charge on any atom is 0.134 e. The number of hydrogen-bond acceptors (Lipinski definition) is 2. The lowest BCUT2D eigenvalue weighted by Crippen LogP contribution is -2.01. The summed E-state index contributed by atoms with van der Waals surface area (Å²) in [7, 11) is 0. The highest BCUT2D eigenvalue weighted by atomic mass is 79.9. The molecule has 3 heteroatoms. The lowest BCUT2D eigenvalue weighted by molar-refractivity contribution is 0.468. The first kappa shape index (κ1) is 13.1. The Morgan fingerprint density at radius 1 is 1.11 bits per heavy atom. The van der Waals surface area contributed by atoms with Crippen LogP contribution in [0.5, 0.6) is 11.5 Å². The zero-order chi connectivity index (χ0) is 13.1. The van der Waals surface area contributed by atoms with Gasteiger partial charge in [0.15, 0.2) is 0 Å². The Kier molecular flexibility index (Phi) is 4.04. The third-order valence-corrected chi connectivity index (χ3v) is 3.37. The minimum absolute atomic E-state index is 0.476. The van der Waals surface area contributed by atoms with E-state index in [-0.39, 0.29) is 0 Å². The average molecular weight is 306 g/mol. The van der Waals surface area contributed by atoms with Crippen molar-refractivity contribution >= 4 is 15.9 Å². The van der Waals surface area contributed by atoms with E-state index in [0.29, 0.717) is 6.54 Å². The van der Waals surface area contributed by atoms with E-state index in [4.69, 9.17) is 10.5 Å². The molecule has 0 aliphatic rings. The van der Waals surface area contributed by atoms with Gasteiger partial charge in [0.2, 0.25) is 0 Å². The zero-order valence-corrected chi connectivity index (χ0v) is 12.1. The third-order valence-electron chi connectivity index (χ3n) is 2.88. The van der Waals surface area contributed by atoms with Gasteiger partial charge >= 0.3 is 0 Å². The van der Waals surface area contributed by atoms with Gasteiger partial charge in [-0.2, -0.15) is 0 Å². The van der Waals surface area contributed by atoms with Gasteiger partial charge in [0.25, 0.3) is 0 Å². The molecule has 0 heterocycles. The standard InChI is InChI=1S/C15H16BrNO/c1-10-6-7-13(16)8-14(10)18-15-11(2)4-3-5-12(15)9-17/h3-8H,9,17H2,1-2H3. The van der Waals surface area contributed by atoms with Crippen LogP contribution in [0.3, 0.4) is 0 Å². The lowest BCUT2D eigenvalue weighted by Gasteiger charge is -2.14. The number of hydrogen-bond donors (Lipinski definition) is 1. The number of benzene rings is 2. The smallest absolute Gasteiger partial charge is 0.134 e. The fraction of sp³-hybridized carbons (Fsp3) is 0.200. The lowest BCUT2D eigenvalue weighted by atomic mass is 10.1. The Morgan fingerprint density at radius 2 is 1.89 bits per heavy atom. The molecule has 0 amide bonds. The molecule has 0 aromatic heterocycles. The molecule has 2 rings (SSSR count). The van der Waals surface area contributed by atoms with E-state index in [0.717, 1.165) is 32.7 Å².